The predicted molar refractivity (Wildman–Crippen MR) is 80.9 cm³/mol. The second kappa shape index (κ2) is 5.76. The molecule has 122 valence electrons. The van der Waals surface area contributed by atoms with Crippen LogP contribution in [0.5, 0.6) is 5.88 Å². The van der Waals surface area contributed by atoms with Crippen molar-refractivity contribution in [3.63, 3.8) is 0 Å². The van der Waals surface area contributed by atoms with Gasteiger partial charge in [-0.15, -0.1) is 0 Å². The summed E-state index contributed by atoms with van der Waals surface area (Å²) in [4.78, 5) is 19.4. The Kier molecular flexibility index (Phi) is 3.92. The number of carbonyl (C=O) groups is 1. The number of H-pyrrole nitrogens is 1. The van der Waals surface area contributed by atoms with Gasteiger partial charge < -0.3 is 9.72 Å². The van der Waals surface area contributed by atoms with Gasteiger partial charge in [0, 0.05) is 5.92 Å². The van der Waals surface area contributed by atoms with Gasteiger partial charge in [0.05, 0.1) is 11.5 Å². The second-order valence-corrected chi connectivity index (χ2v) is 6.13. The first-order valence-electron chi connectivity index (χ1n) is 7.69. The lowest BCUT2D eigenvalue weighted by molar-refractivity contribution is -0.142. The third-order valence-corrected chi connectivity index (χ3v) is 4.29. The third kappa shape index (κ3) is 2.62. The van der Waals surface area contributed by atoms with Gasteiger partial charge in [0.15, 0.2) is 0 Å². The lowest BCUT2D eigenvalue weighted by Crippen LogP contribution is -2.33. The van der Waals surface area contributed by atoms with Gasteiger partial charge in [-0.25, -0.2) is 13.8 Å². The van der Waals surface area contributed by atoms with Crippen LogP contribution in [0.1, 0.15) is 38.8 Å². The van der Waals surface area contributed by atoms with Gasteiger partial charge in [-0.3, -0.25) is 4.79 Å². The Morgan fingerprint density at radius 1 is 1.35 bits per heavy atom. The first kappa shape index (κ1) is 15.6. The molecule has 0 saturated heterocycles. The molecule has 0 bridgehead atoms. The zero-order valence-electron chi connectivity index (χ0n) is 13.2. The number of hydrogen-bond donors (Lipinski definition) is 1. The number of benzene rings is 1. The van der Waals surface area contributed by atoms with Gasteiger partial charge in [-0.1, -0.05) is 20.8 Å². The standard InChI is InChI=1S/C17H18F2N2O2/c1-4-10-13(8(2)3)14-16(23-17(10)22)21-15(20-14)11-7-9(18)5-6-12(11)19/h5-8,10,13H,4H2,1-3H3,(H,20,21)/t10-,13+/m0/s1. The van der Waals surface area contributed by atoms with E-state index in [1.165, 1.54) is 0 Å². The molecule has 0 saturated carbocycles. The smallest absolute Gasteiger partial charge is 0.316 e. The number of ether oxygens (including phenoxy) is 1. The van der Waals surface area contributed by atoms with Crippen molar-refractivity contribution in [3.8, 4) is 17.3 Å². The number of imidazole rings is 1. The summed E-state index contributed by atoms with van der Waals surface area (Å²) < 4.78 is 32.7. The molecule has 0 spiro atoms. The van der Waals surface area contributed by atoms with Crippen molar-refractivity contribution in [2.45, 2.75) is 33.1 Å². The number of aromatic nitrogens is 2. The molecule has 2 aromatic rings. The molecule has 1 aliphatic rings. The molecule has 2 heterocycles. The summed E-state index contributed by atoms with van der Waals surface area (Å²) in [6.07, 6.45) is 0.637. The Bertz CT molecular complexity index is 755. The van der Waals surface area contributed by atoms with Crippen LogP contribution in [-0.4, -0.2) is 15.9 Å². The molecule has 0 amide bonds. The minimum Gasteiger partial charge on any atom is -0.407 e. The number of aromatic amines is 1. The van der Waals surface area contributed by atoms with Crippen LogP contribution in [0.2, 0.25) is 0 Å². The number of fused-ring (bicyclic) bond motifs is 1. The highest BCUT2D eigenvalue weighted by Gasteiger charge is 2.41. The van der Waals surface area contributed by atoms with Crippen molar-refractivity contribution in [2.75, 3.05) is 0 Å². The van der Waals surface area contributed by atoms with Gasteiger partial charge in [0.25, 0.3) is 0 Å². The second-order valence-electron chi connectivity index (χ2n) is 6.13. The van der Waals surface area contributed by atoms with E-state index >= 15 is 0 Å². The Balaban J connectivity index is 2.11. The first-order valence-corrected chi connectivity index (χ1v) is 7.69. The van der Waals surface area contributed by atoms with Crippen LogP contribution < -0.4 is 4.74 Å². The minimum absolute atomic E-state index is 0.0194. The normalized spacial score (nSPS) is 20.5. The fourth-order valence-corrected chi connectivity index (χ4v) is 3.20. The van der Waals surface area contributed by atoms with E-state index in [4.69, 9.17) is 4.74 Å². The average Bonchev–Trinajstić information content (AvgIpc) is 2.90. The lowest BCUT2D eigenvalue weighted by atomic mass is 9.78. The van der Waals surface area contributed by atoms with Gasteiger partial charge in [-0.2, -0.15) is 0 Å². The molecule has 4 nitrogen and oxygen atoms in total. The Morgan fingerprint density at radius 2 is 2.09 bits per heavy atom. The van der Waals surface area contributed by atoms with Crippen molar-refractivity contribution >= 4 is 5.97 Å². The number of nitrogens with one attached hydrogen (secondary N) is 1. The summed E-state index contributed by atoms with van der Waals surface area (Å²) in [5, 5.41) is 0. The highest BCUT2D eigenvalue weighted by atomic mass is 19.1. The van der Waals surface area contributed by atoms with E-state index in [-0.39, 0.29) is 41.0 Å². The molecule has 3 rings (SSSR count). The van der Waals surface area contributed by atoms with E-state index in [0.29, 0.717) is 12.1 Å². The molecule has 1 aliphatic heterocycles. The fraction of sp³-hybridized carbons (Fsp3) is 0.412. The summed E-state index contributed by atoms with van der Waals surface area (Å²) in [5.74, 6) is -1.28. The van der Waals surface area contributed by atoms with E-state index in [9.17, 15) is 13.6 Å². The van der Waals surface area contributed by atoms with E-state index < -0.39 is 11.6 Å². The van der Waals surface area contributed by atoms with Crippen molar-refractivity contribution < 1.29 is 18.3 Å². The van der Waals surface area contributed by atoms with Gasteiger partial charge in [-0.05, 0) is 30.5 Å². The summed E-state index contributed by atoms with van der Waals surface area (Å²) in [5.41, 5.74) is 0.621. The maximum absolute atomic E-state index is 14.0. The molecule has 23 heavy (non-hydrogen) atoms. The molecule has 6 heteroatoms. The number of hydrogen-bond acceptors (Lipinski definition) is 3. The van der Waals surface area contributed by atoms with E-state index in [1.807, 2.05) is 20.8 Å². The highest BCUT2D eigenvalue weighted by molar-refractivity contribution is 5.79. The van der Waals surface area contributed by atoms with E-state index in [2.05, 4.69) is 9.97 Å². The van der Waals surface area contributed by atoms with Crippen LogP contribution in [0.3, 0.4) is 0 Å². The van der Waals surface area contributed by atoms with Crippen LogP contribution in [0.25, 0.3) is 11.4 Å². The van der Waals surface area contributed by atoms with E-state index in [0.717, 1.165) is 18.2 Å². The lowest BCUT2D eigenvalue weighted by Gasteiger charge is -2.30. The van der Waals surface area contributed by atoms with Crippen molar-refractivity contribution in [1.29, 1.82) is 0 Å². The summed E-state index contributed by atoms with van der Waals surface area (Å²) in [7, 11) is 0. The van der Waals surface area contributed by atoms with Crippen LogP contribution in [0.4, 0.5) is 8.78 Å². The van der Waals surface area contributed by atoms with Crippen LogP contribution in [0.15, 0.2) is 18.2 Å². The van der Waals surface area contributed by atoms with Crippen molar-refractivity contribution in [1.82, 2.24) is 9.97 Å². The monoisotopic (exact) mass is 320 g/mol. The molecule has 0 unspecified atom stereocenters. The zero-order valence-corrected chi connectivity index (χ0v) is 13.2. The zero-order chi connectivity index (χ0) is 16.7. The average molecular weight is 320 g/mol. The van der Waals surface area contributed by atoms with Crippen LogP contribution >= 0.6 is 0 Å². The minimum atomic E-state index is -0.586. The Hall–Kier alpha value is -2.24. The maximum atomic E-state index is 14.0. The van der Waals surface area contributed by atoms with E-state index in [1.54, 1.807) is 0 Å². The Morgan fingerprint density at radius 3 is 2.74 bits per heavy atom. The summed E-state index contributed by atoms with van der Waals surface area (Å²) in [6, 6.07) is 3.17. The van der Waals surface area contributed by atoms with Crippen LogP contribution in [0, 0.1) is 23.5 Å². The van der Waals surface area contributed by atoms with Gasteiger partial charge in [0.1, 0.15) is 23.2 Å². The molecule has 1 aromatic heterocycles. The molecule has 0 fully saturated rings. The topological polar surface area (TPSA) is 55.0 Å². The van der Waals surface area contributed by atoms with Crippen molar-refractivity contribution in [3.05, 3.63) is 35.5 Å². The molecule has 0 radical (unpaired) electrons. The summed E-state index contributed by atoms with van der Waals surface area (Å²) in [6.45, 7) is 5.94. The highest BCUT2D eigenvalue weighted by Crippen LogP contribution is 2.43. The number of halogens is 2. The number of nitrogens with zero attached hydrogens (tertiary/aromatic N) is 1. The molecule has 1 N–H and O–H groups in total. The number of carbonyl (C=O) groups excluding carboxylic acids is 1. The molecular formula is C17H18F2N2O2. The fourth-order valence-electron chi connectivity index (χ4n) is 3.20. The number of esters is 1. The largest absolute Gasteiger partial charge is 0.407 e. The van der Waals surface area contributed by atoms with Gasteiger partial charge >= 0.3 is 5.97 Å². The molecule has 0 aliphatic carbocycles. The SMILES string of the molecule is CC[C@@H]1C(=O)Oc2[nH]c(-c3cc(F)ccc3F)nc2[C@@H]1C(C)C. The van der Waals surface area contributed by atoms with Gasteiger partial charge in [0.2, 0.25) is 5.88 Å². The number of rotatable bonds is 3. The predicted octanol–water partition coefficient (Wildman–Crippen LogP) is 4.04. The maximum Gasteiger partial charge on any atom is 0.316 e. The Labute approximate surface area is 132 Å². The van der Waals surface area contributed by atoms with Crippen LogP contribution in [-0.2, 0) is 4.79 Å². The molecular weight excluding hydrogens is 302 g/mol. The third-order valence-electron chi connectivity index (χ3n) is 4.29. The first-order chi connectivity index (χ1) is 10.9. The van der Waals surface area contributed by atoms with Crippen molar-refractivity contribution in [2.24, 2.45) is 11.8 Å². The quantitative estimate of drug-likeness (QED) is 0.868. The molecule has 2 atom stereocenters. The molecule has 1 aromatic carbocycles. The summed E-state index contributed by atoms with van der Waals surface area (Å²) >= 11 is 0.